The molecule has 2 N–H and O–H groups in total. The zero-order chi connectivity index (χ0) is 20.6. The minimum Gasteiger partial charge on any atom is -0.386 e. The van der Waals surface area contributed by atoms with E-state index in [1.807, 2.05) is 60.7 Å². The summed E-state index contributed by atoms with van der Waals surface area (Å²) in [5.41, 5.74) is 4.45. The molecule has 0 saturated carbocycles. The van der Waals surface area contributed by atoms with E-state index in [2.05, 4.69) is 66.0 Å². The van der Waals surface area contributed by atoms with Gasteiger partial charge in [0.2, 0.25) is 0 Å². The fourth-order valence-corrected chi connectivity index (χ4v) is 3.90. The zero-order valence-electron chi connectivity index (χ0n) is 16.9. The van der Waals surface area contributed by atoms with E-state index in [0.29, 0.717) is 0 Å². The highest BCUT2D eigenvalue weighted by molar-refractivity contribution is 5.29. The average molecular weight is 394 g/mol. The first kappa shape index (κ1) is 20.1. The molecule has 0 fully saturated rings. The van der Waals surface area contributed by atoms with E-state index in [9.17, 15) is 5.11 Å². The van der Waals surface area contributed by atoms with Crippen molar-refractivity contribution < 1.29 is 5.11 Å². The molecular formula is C28H27NO. The van der Waals surface area contributed by atoms with Crippen LogP contribution in [0.15, 0.2) is 121 Å². The average Bonchev–Trinajstić information content (AvgIpc) is 2.83. The monoisotopic (exact) mass is 393 g/mol. The van der Waals surface area contributed by atoms with E-state index in [-0.39, 0.29) is 12.1 Å². The molecule has 0 radical (unpaired) electrons. The topological polar surface area (TPSA) is 32.3 Å². The van der Waals surface area contributed by atoms with Crippen LogP contribution in [-0.2, 0) is 6.42 Å². The van der Waals surface area contributed by atoms with Gasteiger partial charge in [0.25, 0.3) is 0 Å². The summed E-state index contributed by atoms with van der Waals surface area (Å²) in [5, 5.41) is 15.1. The Kier molecular flexibility index (Phi) is 6.71. The molecule has 0 bridgehead atoms. The molecule has 4 aromatic rings. The lowest BCUT2D eigenvalue weighted by Gasteiger charge is -2.30. The fraction of sp³-hybridized carbons (Fsp3) is 0.143. The van der Waals surface area contributed by atoms with Crippen LogP contribution in [0.5, 0.6) is 0 Å². The molecule has 0 spiro atoms. The van der Waals surface area contributed by atoms with Crippen molar-refractivity contribution in [2.24, 2.45) is 0 Å². The third-order valence-corrected chi connectivity index (χ3v) is 5.48. The smallest absolute Gasteiger partial charge is 0.0984 e. The molecule has 3 atom stereocenters. The van der Waals surface area contributed by atoms with Gasteiger partial charge in [-0.3, -0.25) is 0 Å². The fourth-order valence-electron chi connectivity index (χ4n) is 3.90. The number of hydrogen-bond acceptors (Lipinski definition) is 2. The number of hydrogen-bond donors (Lipinski definition) is 2. The lowest BCUT2D eigenvalue weighted by molar-refractivity contribution is 0.121. The van der Waals surface area contributed by atoms with Crippen molar-refractivity contribution in [3.05, 3.63) is 144 Å². The van der Waals surface area contributed by atoms with Gasteiger partial charge >= 0.3 is 0 Å². The van der Waals surface area contributed by atoms with Gasteiger partial charge in [0.15, 0.2) is 0 Å². The van der Waals surface area contributed by atoms with E-state index < -0.39 is 6.10 Å². The van der Waals surface area contributed by atoms with Crippen molar-refractivity contribution in [2.45, 2.75) is 24.6 Å². The third kappa shape index (κ3) is 5.04. The summed E-state index contributed by atoms with van der Waals surface area (Å²) in [4.78, 5) is 0. The number of aliphatic hydroxyl groups is 1. The second-order valence-electron chi connectivity index (χ2n) is 7.56. The van der Waals surface area contributed by atoms with Gasteiger partial charge in [0.05, 0.1) is 12.1 Å². The van der Waals surface area contributed by atoms with Gasteiger partial charge in [0, 0.05) is 6.04 Å². The van der Waals surface area contributed by atoms with Crippen LogP contribution in [0.4, 0.5) is 0 Å². The van der Waals surface area contributed by atoms with E-state index in [1.54, 1.807) is 0 Å². The first-order valence-electron chi connectivity index (χ1n) is 10.4. The van der Waals surface area contributed by atoms with E-state index in [0.717, 1.165) is 17.5 Å². The SMILES string of the molecule is O[C@H](c1ccccc1)[C@@H](N[C@H](Cc1ccccc1)c1ccccc1)c1ccccc1. The van der Waals surface area contributed by atoms with Gasteiger partial charge in [-0.1, -0.05) is 121 Å². The number of nitrogens with one attached hydrogen (secondary N) is 1. The molecule has 4 aromatic carbocycles. The van der Waals surface area contributed by atoms with Gasteiger partial charge in [-0.05, 0) is 28.7 Å². The Morgan fingerprint density at radius 2 is 0.967 bits per heavy atom. The van der Waals surface area contributed by atoms with Crippen molar-refractivity contribution in [1.82, 2.24) is 5.32 Å². The Hall–Kier alpha value is -3.20. The predicted molar refractivity (Wildman–Crippen MR) is 123 cm³/mol. The Bertz CT molecular complexity index is 1000. The van der Waals surface area contributed by atoms with Gasteiger partial charge < -0.3 is 10.4 Å². The highest BCUT2D eigenvalue weighted by atomic mass is 16.3. The normalized spacial score (nSPS) is 14.0. The molecule has 0 unspecified atom stereocenters. The molecule has 30 heavy (non-hydrogen) atoms. The van der Waals surface area contributed by atoms with Crippen LogP contribution in [0.2, 0.25) is 0 Å². The maximum atomic E-state index is 11.3. The standard InChI is InChI=1S/C28H27NO/c30-28(25-19-11-4-12-20-25)27(24-17-9-3-10-18-24)29-26(23-15-7-2-8-16-23)21-22-13-5-1-6-14-22/h1-20,26-30H,21H2/t26-,27+,28-/m1/s1. The third-order valence-electron chi connectivity index (χ3n) is 5.48. The summed E-state index contributed by atoms with van der Waals surface area (Å²) in [6.45, 7) is 0. The molecule has 0 aromatic heterocycles. The van der Waals surface area contributed by atoms with Crippen LogP contribution in [0, 0.1) is 0 Å². The molecule has 150 valence electrons. The molecule has 0 heterocycles. The van der Waals surface area contributed by atoms with Gasteiger partial charge in [-0.2, -0.15) is 0 Å². The molecule has 0 aliphatic carbocycles. The van der Waals surface area contributed by atoms with Crippen molar-refractivity contribution >= 4 is 0 Å². The number of benzene rings is 4. The van der Waals surface area contributed by atoms with Gasteiger partial charge in [-0.25, -0.2) is 0 Å². The van der Waals surface area contributed by atoms with Crippen LogP contribution in [-0.4, -0.2) is 5.11 Å². The maximum Gasteiger partial charge on any atom is 0.0984 e. The highest BCUT2D eigenvalue weighted by Gasteiger charge is 2.26. The Balaban J connectivity index is 1.69. The molecule has 0 amide bonds. The second kappa shape index (κ2) is 10.0. The zero-order valence-corrected chi connectivity index (χ0v) is 16.9. The first-order chi connectivity index (χ1) is 14.8. The number of rotatable bonds is 8. The van der Waals surface area contributed by atoms with Crippen LogP contribution < -0.4 is 5.32 Å². The predicted octanol–water partition coefficient (Wildman–Crippen LogP) is 6.03. The minimum atomic E-state index is -0.657. The van der Waals surface area contributed by atoms with Crippen LogP contribution in [0.3, 0.4) is 0 Å². The summed E-state index contributed by atoms with van der Waals surface area (Å²) in [6, 6.07) is 40.9. The highest BCUT2D eigenvalue weighted by Crippen LogP contribution is 2.32. The summed E-state index contributed by atoms with van der Waals surface area (Å²) in [6.07, 6.45) is 0.186. The minimum absolute atomic E-state index is 0.0668. The van der Waals surface area contributed by atoms with E-state index >= 15 is 0 Å². The van der Waals surface area contributed by atoms with Crippen molar-refractivity contribution in [2.75, 3.05) is 0 Å². The van der Waals surface area contributed by atoms with Crippen molar-refractivity contribution in [3.8, 4) is 0 Å². The van der Waals surface area contributed by atoms with E-state index in [4.69, 9.17) is 0 Å². The molecule has 0 aliphatic heterocycles. The van der Waals surface area contributed by atoms with Crippen LogP contribution >= 0.6 is 0 Å². The Morgan fingerprint density at radius 1 is 0.533 bits per heavy atom. The van der Waals surface area contributed by atoms with Crippen molar-refractivity contribution in [1.29, 1.82) is 0 Å². The molecule has 4 rings (SSSR count). The molecule has 2 heteroatoms. The Morgan fingerprint density at radius 3 is 1.50 bits per heavy atom. The summed E-state index contributed by atoms with van der Waals surface area (Å²) < 4.78 is 0. The van der Waals surface area contributed by atoms with Crippen LogP contribution in [0.25, 0.3) is 0 Å². The van der Waals surface area contributed by atoms with Crippen LogP contribution in [0.1, 0.15) is 40.4 Å². The first-order valence-corrected chi connectivity index (χ1v) is 10.4. The van der Waals surface area contributed by atoms with Gasteiger partial charge in [0.1, 0.15) is 0 Å². The largest absolute Gasteiger partial charge is 0.386 e. The molecule has 0 aliphatic rings. The summed E-state index contributed by atoms with van der Waals surface area (Å²) in [7, 11) is 0. The van der Waals surface area contributed by atoms with E-state index in [1.165, 1.54) is 11.1 Å². The molecule has 0 saturated heterocycles. The molecular weight excluding hydrogens is 366 g/mol. The maximum absolute atomic E-state index is 11.3. The summed E-state index contributed by atoms with van der Waals surface area (Å²) in [5.74, 6) is 0. The molecule has 2 nitrogen and oxygen atoms in total. The Labute approximate surface area is 178 Å². The van der Waals surface area contributed by atoms with Gasteiger partial charge in [-0.15, -0.1) is 0 Å². The number of aliphatic hydroxyl groups excluding tert-OH is 1. The summed E-state index contributed by atoms with van der Waals surface area (Å²) >= 11 is 0. The van der Waals surface area contributed by atoms with Crippen molar-refractivity contribution in [3.63, 3.8) is 0 Å². The lowest BCUT2D eigenvalue weighted by atomic mass is 9.92. The second-order valence-corrected chi connectivity index (χ2v) is 7.56. The quantitative estimate of drug-likeness (QED) is 0.383. The lowest BCUT2D eigenvalue weighted by Crippen LogP contribution is -2.32.